The van der Waals surface area contributed by atoms with Crippen LogP contribution in [0.5, 0.6) is 0 Å². The molecule has 4 rings (SSSR count). The van der Waals surface area contributed by atoms with E-state index in [1.807, 2.05) is 12.1 Å². The quantitative estimate of drug-likeness (QED) is 0.668. The molecule has 2 aliphatic rings. The highest BCUT2D eigenvalue weighted by molar-refractivity contribution is 6.34. The second-order valence-electron chi connectivity index (χ2n) is 6.11. The molecule has 4 amide bonds. The van der Waals surface area contributed by atoms with Gasteiger partial charge in [-0.05, 0) is 12.1 Å². The summed E-state index contributed by atoms with van der Waals surface area (Å²) >= 11 is 0. The first-order valence-corrected chi connectivity index (χ1v) is 8.01. The molecule has 10 heteroatoms. The van der Waals surface area contributed by atoms with Crippen LogP contribution in [0.15, 0.2) is 12.1 Å². The van der Waals surface area contributed by atoms with Crippen LogP contribution in [0, 0.1) is 22.7 Å². The zero-order valence-electron chi connectivity index (χ0n) is 14.1. The van der Waals surface area contributed by atoms with Crippen LogP contribution < -0.4 is 11.5 Å². The largest absolute Gasteiger partial charge is 0.313 e. The molecule has 136 valence electrons. The fourth-order valence-electron chi connectivity index (χ4n) is 3.67. The zero-order valence-corrected chi connectivity index (χ0v) is 14.1. The Labute approximate surface area is 157 Å². The average molecular weight is 374 g/mol. The lowest BCUT2D eigenvalue weighted by Crippen LogP contribution is -2.46. The predicted molar refractivity (Wildman–Crippen MR) is 92.5 cm³/mol. The molecule has 0 fully saturated rings. The number of nitrogens with two attached hydrogens (primary N) is 2. The van der Waals surface area contributed by atoms with Crippen LogP contribution in [0.25, 0.3) is 10.8 Å². The molecule has 0 saturated carbocycles. The van der Waals surface area contributed by atoms with Crippen molar-refractivity contribution in [1.82, 2.24) is 9.80 Å². The zero-order chi connectivity index (χ0) is 20.3. The number of nitriles is 2. The predicted octanol–water partition coefficient (Wildman–Crippen LogP) is -0.392. The fourth-order valence-corrected chi connectivity index (χ4v) is 3.67. The van der Waals surface area contributed by atoms with Crippen LogP contribution in [0.3, 0.4) is 0 Å². The van der Waals surface area contributed by atoms with Gasteiger partial charge in [0.05, 0.1) is 46.7 Å². The van der Waals surface area contributed by atoms with Gasteiger partial charge in [0.2, 0.25) is 0 Å². The second-order valence-corrected chi connectivity index (χ2v) is 6.11. The van der Waals surface area contributed by atoms with Crippen LogP contribution in [-0.2, 0) is 0 Å². The van der Waals surface area contributed by atoms with E-state index in [2.05, 4.69) is 0 Å². The third-order valence-electron chi connectivity index (χ3n) is 4.88. The van der Waals surface area contributed by atoms with Crippen LogP contribution in [0.4, 0.5) is 0 Å². The van der Waals surface area contributed by atoms with E-state index in [1.165, 1.54) is 12.1 Å². The Balaban J connectivity index is 2.31. The third-order valence-corrected chi connectivity index (χ3v) is 4.88. The van der Waals surface area contributed by atoms with E-state index in [4.69, 9.17) is 11.5 Å². The maximum Gasteiger partial charge on any atom is 0.263 e. The number of carbonyl (C=O) groups excluding carboxylic acids is 4. The number of rotatable bonds is 2. The van der Waals surface area contributed by atoms with Gasteiger partial charge in [0.1, 0.15) is 12.1 Å². The third kappa shape index (κ3) is 1.85. The summed E-state index contributed by atoms with van der Waals surface area (Å²) in [6.45, 7) is -0.874. The van der Waals surface area contributed by atoms with Crippen LogP contribution in [0.1, 0.15) is 52.6 Å². The number of hydrogen-bond acceptors (Lipinski definition) is 8. The van der Waals surface area contributed by atoms with E-state index in [1.54, 1.807) is 0 Å². The molecule has 0 aliphatic carbocycles. The van der Waals surface area contributed by atoms with Gasteiger partial charge in [-0.15, -0.1) is 0 Å². The molecular weight excluding hydrogens is 364 g/mol. The molecule has 0 atom stereocenters. The molecule has 0 unspecified atom stereocenters. The molecule has 4 N–H and O–H groups in total. The molecule has 2 aromatic carbocycles. The van der Waals surface area contributed by atoms with Crippen molar-refractivity contribution in [3.05, 3.63) is 45.5 Å². The lowest BCUT2D eigenvalue weighted by atomic mass is 9.82. The van der Waals surface area contributed by atoms with Gasteiger partial charge < -0.3 is 11.5 Å². The summed E-state index contributed by atoms with van der Waals surface area (Å²) in [5.41, 5.74) is 10.3. The van der Waals surface area contributed by atoms with Crippen molar-refractivity contribution in [2.75, 3.05) is 13.3 Å². The summed E-state index contributed by atoms with van der Waals surface area (Å²) in [5.74, 6) is -3.16. The molecular formula is C18H10N6O4. The summed E-state index contributed by atoms with van der Waals surface area (Å²) < 4.78 is 0. The summed E-state index contributed by atoms with van der Waals surface area (Å²) in [7, 11) is 0. The summed E-state index contributed by atoms with van der Waals surface area (Å²) in [6.07, 6.45) is 0. The maximum absolute atomic E-state index is 12.8. The first-order valence-electron chi connectivity index (χ1n) is 8.01. The molecule has 28 heavy (non-hydrogen) atoms. The van der Waals surface area contributed by atoms with E-state index < -0.39 is 37.0 Å². The monoisotopic (exact) mass is 374 g/mol. The number of amides is 4. The molecule has 0 aromatic heterocycles. The average Bonchev–Trinajstić information content (AvgIpc) is 2.70. The molecule has 2 aromatic rings. The Morgan fingerprint density at radius 1 is 0.714 bits per heavy atom. The number of hydrogen-bond donors (Lipinski definition) is 2. The van der Waals surface area contributed by atoms with E-state index in [0.29, 0.717) is 0 Å². The van der Waals surface area contributed by atoms with Crippen molar-refractivity contribution < 1.29 is 19.2 Å². The minimum atomic E-state index is -0.806. The van der Waals surface area contributed by atoms with E-state index >= 15 is 0 Å². The normalized spacial score (nSPS) is 15.1. The Morgan fingerprint density at radius 2 is 1.07 bits per heavy atom. The number of imide groups is 2. The van der Waals surface area contributed by atoms with E-state index in [0.717, 1.165) is 9.80 Å². The summed E-state index contributed by atoms with van der Waals surface area (Å²) in [6, 6.07) is 6.04. The highest BCUT2D eigenvalue weighted by Gasteiger charge is 2.42. The number of benzene rings is 2. The first kappa shape index (κ1) is 17.3. The highest BCUT2D eigenvalue weighted by Crippen LogP contribution is 2.40. The molecule has 0 saturated heterocycles. The van der Waals surface area contributed by atoms with Crippen molar-refractivity contribution in [2.24, 2.45) is 11.5 Å². The van der Waals surface area contributed by atoms with Gasteiger partial charge in [0.15, 0.2) is 0 Å². The number of carbonyl (C=O) groups is 4. The van der Waals surface area contributed by atoms with Crippen LogP contribution in [0.2, 0.25) is 0 Å². The SMILES string of the molecule is N#Cc1cc2c3c(c(C#N)cc4c3c1C(=O)N(CN)C4=O)C(=O)N(CN)C2=O. The van der Waals surface area contributed by atoms with Gasteiger partial charge in [-0.25, -0.2) is 0 Å². The smallest absolute Gasteiger partial charge is 0.263 e. The van der Waals surface area contributed by atoms with Crippen LogP contribution in [-0.4, -0.2) is 46.8 Å². The van der Waals surface area contributed by atoms with Gasteiger partial charge in [-0.1, -0.05) is 0 Å². The molecule has 2 heterocycles. The second kappa shape index (κ2) is 5.69. The summed E-state index contributed by atoms with van der Waals surface area (Å²) in [4.78, 5) is 52.6. The lowest BCUT2D eigenvalue weighted by molar-refractivity contribution is 0.0592. The van der Waals surface area contributed by atoms with Crippen LogP contribution >= 0.6 is 0 Å². The van der Waals surface area contributed by atoms with Crippen molar-refractivity contribution in [3.8, 4) is 12.1 Å². The van der Waals surface area contributed by atoms with Gasteiger partial charge >= 0.3 is 0 Å². The molecule has 2 aliphatic heterocycles. The summed E-state index contributed by atoms with van der Waals surface area (Å²) in [5, 5.41) is 19.1. The molecule has 0 radical (unpaired) electrons. The Bertz CT molecular complexity index is 1150. The Kier molecular flexibility index (Phi) is 3.52. The Hall–Kier alpha value is -4.12. The standard InChI is InChI=1S/C18H10N6O4/c19-3-7-1-9-13-12(18(28)23(5-21)15(9)25)8(4-20)2-10-14(13)11(7)17(27)24(6-22)16(10)26/h1-2H,5-6,21-22H2. The Morgan fingerprint density at radius 3 is 1.36 bits per heavy atom. The minimum Gasteiger partial charge on any atom is -0.313 e. The molecule has 10 nitrogen and oxygen atoms in total. The molecule has 0 spiro atoms. The highest BCUT2D eigenvalue weighted by atomic mass is 16.2. The maximum atomic E-state index is 12.8. The molecule has 0 bridgehead atoms. The van der Waals surface area contributed by atoms with Crippen molar-refractivity contribution >= 4 is 34.4 Å². The first-order chi connectivity index (χ1) is 13.4. The van der Waals surface area contributed by atoms with Crippen molar-refractivity contribution in [3.63, 3.8) is 0 Å². The topological polar surface area (TPSA) is 174 Å². The van der Waals surface area contributed by atoms with E-state index in [-0.39, 0.29) is 44.2 Å². The van der Waals surface area contributed by atoms with Gasteiger partial charge in [0, 0.05) is 10.8 Å². The lowest BCUT2D eigenvalue weighted by Gasteiger charge is -2.32. The van der Waals surface area contributed by atoms with Gasteiger partial charge in [-0.2, -0.15) is 10.5 Å². The number of nitrogens with zero attached hydrogens (tertiary/aromatic N) is 4. The van der Waals surface area contributed by atoms with Gasteiger partial charge in [-0.3, -0.25) is 29.0 Å². The minimum absolute atomic E-state index is 0.00104. The fraction of sp³-hybridized carbons (Fsp3) is 0.111. The van der Waals surface area contributed by atoms with E-state index in [9.17, 15) is 29.7 Å². The van der Waals surface area contributed by atoms with Crippen molar-refractivity contribution in [2.45, 2.75) is 0 Å². The van der Waals surface area contributed by atoms with Gasteiger partial charge in [0.25, 0.3) is 23.6 Å². The van der Waals surface area contributed by atoms with Crippen molar-refractivity contribution in [1.29, 1.82) is 10.5 Å².